The van der Waals surface area contributed by atoms with E-state index in [1.807, 2.05) is 5.32 Å². The van der Waals surface area contributed by atoms with Gasteiger partial charge in [0.25, 0.3) is 26.2 Å². The molecule has 156 valence electrons. The Labute approximate surface area is 168 Å². The number of nitrogens with zero attached hydrogens (tertiary/aromatic N) is 3. The van der Waals surface area contributed by atoms with E-state index in [-0.39, 0.29) is 23.6 Å². The van der Waals surface area contributed by atoms with E-state index in [0.717, 1.165) is 12.4 Å². The number of alkyl halides is 3. The van der Waals surface area contributed by atoms with E-state index in [4.69, 9.17) is 0 Å². The van der Waals surface area contributed by atoms with Gasteiger partial charge < -0.3 is 5.32 Å². The number of carbonyl (C=O) groups excluding carboxylic acids is 2. The summed E-state index contributed by atoms with van der Waals surface area (Å²) in [6.07, 6.45) is -1.16. The van der Waals surface area contributed by atoms with Crippen molar-refractivity contribution in [1.29, 1.82) is 0 Å². The van der Waals surface area contributed by atoms with E-state index in [2.05, 4.69) is 27.1 Å². The van der Waals surface area contributed by atoms with Crippen molar-refractivity contribution in [3.8, 4) is 11.8 Å². The maximum absolute atomic E-state index is 12.8. The van der Waals surface area contributed by atoms with Crippen molar-refractivity contribution in [3.05, 3.63) is 35.4 Å². The average molecular weight is 440 g/mol. The molecule has 0 radical (unpaired) electrons. The molecule has 3 aliphatic heterocycles. The van der Waals surface area contributed by atoms with E-state index < -0.39 is 44.7 Å². The lowest BCUT2D eigenvalue weighted by molar-refractivity contribution is -0.551. The molecule has 4 heterocycles. The van der Waals surface area contributed by atoms with Gasteiger partial charge in [0, 0.05) is 18.0 Å². The monoisotopic (exact) mass is 440 g/mol. The number of hydrogen-bond acceptors (Lipinski definition) is 6. The summed E-state index contributed by atoms with van der Waals surface area (Å²) in [7, 11) is -3.85. The number of carbonyl (C=O) groups is 2. The molecule has 0 saturated carbocycles. The highest BCUT2D eigenvalue weighted by Crippen LogP contribution is 2.34. The van der Waals surface area contributed by atoms with Gasteiger partial charge in [0.05, 0.1) is 12.0 Å². The van der Waals surface area contributed by atoms with Gasteiger partial charge in [-0.1, -0.05) is 11.8 Å². The van der Waals surface area contributed by atoms with Crippen LogP contribution in [-0.2, 0) is 20.8 Å². The van der Waals surface area contributed by atoms with Gasteiger partial charge in [-0.05, 0) is 13.0 Å². The van der Waals surface area contributed by atoms with Crippen LogP contribution in [0.3, 0.4) is 0 Å². The summed E-state index contributed by atoms with van der Waals surface area (Å²) >= 11 is 0. The van der Waals surface area contributed by atoms with Crippen LogP contribution in [0, 0.1) is 11.8 Å². The molecule has 30 heavy (non-hydrogen) atoms. The molecule has 1 aromatic heterocycles. The fraction of sp³-hybridized carbons (Fsp3) is 0.353. The van der Waals surface area contributed by atoms with E-state index in [0.29, 0.717) is 5.57 Å². The molecule has 2 atom stereocenters. The zero-order chi connectivity index (χ0) is 21.9. The highest BCUT2D eigenvalue weighted by Gasteiger charge is 2.68. The molecular weight excluding hydrogens is 427 g/mol. The second kappa shape index (κ2) is 6.36. The molecule has 1 saturated heterocycles. The lowest BCUT2D eigenvalue weighted by Crippen LogP contribution is -2.70. The normalized spacial score (nSPS) is 27.2. The molecule has 0 spiro atoms. The predicted molar refractivity (Wildman–Crippen MR) is 94.5 cm³/mol. The fourth-order valence-electron chi connectivity index (χ4n) is 3.52. The van der Waals surface area contributed by atoms with Crippen LogP contribution in [0.2, 0.25) is 0 Å². The third-order valence-corrected chi connectivity index (χ3v) is 7.29. The number of amides is 3. The zero-order valence-corrected chi connectivity index (χ0v) is 16.1. The van der Waals surface area contributed by atoms with Gasteiger partial charge in [-0.2, -0.15) is 17.7 Å². The molecule has 4 rings (SSSR count). The predicted octanol–water partition coefficient (Wildman–Crippen LogP) is -0.0594. The van der Waals surface area contributed by atoms with Crippen LogP contribution in [0.4, 0.5) is 18.0 Å². The molecule has 1 fully saturated rings. The van der Waals surface area contributed by atoms with Crippen LogP contribution in [0.15, 0.2) is 24.0 Å². The summed E-state index contributed by atoms with van der Waals surface area (Å²) in [6, 6.07) is -0.760. The largest absolute Gasteiger partial charge is 0.451 e. The molecule has 1 unspecified atom stereocenters. The lowest BCUT2D eigenvalue weighted by atomic mass is 10.0. The molecule has 0 aromatic carbocycles. The minimum Gasteiger partial charge on any atom is -0.317 e. The van der Waals surface area contributed by atoms with Crippen molar-refractivity contribution in [2.75, 3.05) is 6.54 Å². The molecule has 3 amide bonds. The summed E-state index contributed by atoms with van der Waals surface area (Å²) < 4.78 is 64.5. The van der Waals surface area contributed by atoms with Crippen LogP contribution in [0.25, 0.3) is 0 Å². The number of nitrogens with one attached hydrogen (secondary N) is 2. The van der Waals surface area contributed by atoms with E-state index in [9.17, 15) is 31.2 Å². The molecule has 13 heteroatoms. The van der Waals surface area contributed by atoms with Gasteiger partial charge in [0.1, 0.15) is 0 Å². The third kappa shape index (κ3) is 3.04. The van der Waals surface area contributed by atoms with Gasteiger partial charge in [0.15, 0.2) is 12.1 Å². The standard InChI is InChI=1S/C17H12F3N5O4S/c1-16(13(26)23-15(27)24-16)14-25-5-4-9(6-11(25)30(14,28)29)2-3-10-7-21-12(22-8-10)17(18,19)20/h4,7-8,14H,5-6H2,1H3,(H-,23,24,26,27)/p+1/t14?,16-/m0/s1. The topological polar surface area (TPSA) is 121 Å². The minimum atomic E-state index is -4.65. The number of halogens is 3. The summed E-state index contributed by atoms with van der Waals surface area (Å²) in [6.45, 7) is 1.49. The first kappa shape index (κ1) is 20.0. The molecule has 9 nitrogen and oxygen atoms in total. The van der Waals surface area contributed by atoms with E-state index >= 15 is 0 Å². The van der Waals surface area contributed by atoms with Crippen LogP contribution in [-0.4, -0.2) is 57.4 Å². The quantitative estimate of drug-likeness (QED) is 0.359. The Morgan fingerprint density at radius 3 is 2.47 bits per heavy atom. The number of rotatable bonds is 1. The van der Waals surface area contributed by atoms with Crippen molar-refractivity contribution in [2.24, 2.45) is 0 Å². The maximum Gasteiger partial charge on any atom is 0.451 e. The number of hydrogen-bond donors (Lipinski definition) is 2. The number of imide groups is 1. The maximum atomic E-state index is 12.8. The fourth-order valence-corrected chi connectivity index (χ4v) is 5.82. The van der Waals surface area contributed by atoms with Crippen LogP contribution in [0.1, 0.15) is 24.7 Å². The Hall–Kier alpha value is -3.27. The summed E-state index contributed by atoms with van der Waals surface area (Å²) in [5.41, 5.74) is -1.02. The Balaban J connectivity index is 1.53. The Bertz CT molecular complexity index is 1210. The Kier molecular flexibility index (Phi) is 4.25. The van der Waals surface area contributed by atoms with Crippen molar-refractivity contribution < 1.29 is 35.8 Å². The molecule has 2 N–H and O–H groups in total. The second-order valence-electron chi connectivity index (χ2n) is 7.00. The van der Waals surface area contributed by atoms with Gasteiger partial charge >= 0.3 is 12.2 Å². The number of allylic oxidation sites excluding steroid dienone is 1. The molecule has 1 aromatic rings. The molecule has 0 aliphatic carbocycles. The van der Waals surface area contributed by atoms with E-state index in [1.165, 1.54) is 11.5 Å². The highest BCUT2D eigenvalue weighted by molar-refractivity contribution is 8.07. The van der Waals surface area contributed by atoms with Crippen molar-refractivity contribution >= 4 is 26.8 Å². The first-order valence-corrected chi connectivity index (χ1v) is 10.1. The van der Waals surface area contributed by atoms with Gasteiger partial charge in [0.2, 0.25) is 5.82 Å². The molecule has 3 aliphatic rings. The van der Waals surface area contributed by atoms with Crippen LogP contribution >= 0.6 is 0 Å². The first-order chi connectivity index (χ1) is 13.9. The van der Waals surface area contributed by atoms with Crippen LogP contribution < -0.4 is 10.6 Å². The van der Waals surface area contributed by atoms with E-state index in [1.54, 1.807) is 6.08 Å². The second-order valence-corrected chi connectivity index (χ2v) is 9.01. The van der Waals surface area contributed by atoms with Crippen LogP contribution in [0.5, 0.6) is 0 Å². The van der Waals surface area contributed by atoms with Gasteiger partial charge in [-0.15, -0.1) is 0 Å². The summed E-state index contributed by atoms with van der Waals surface area (Å²) in [5, 5.41) is 3.24. The molecule has 0 bridgehead atoms. The Morgan fingerprint density at radius 1 is 1.23 bits per heavy atom. The zero-order valence-electron chi connectivity index (χ0n) is 15.2. The smallest absolute Gasteiger partial charge is 0.317 e. The first-order valence-electron chi connectivity index (χ1n) is 8.53. The summed E-state index contributed by atoms with van der Waals surface area (Å²) in [4.78, 5) is 30.0. The lowest BCUT2D eigenvalue weighted by Gasteiger charge is -2.35. The van der Waals surface area contributed by atoms with Crippen molar-refractivity contribution in [3.63, 3.8) is 0 Å². The van der Waals surface area contributed by atoms with Gasteiger partial charge in [-0.25, -0.2) is 23.2 Å². The number of sulfone groups is 1. The SMILES string of the molecule is C[C@]1(C2[N+]3=C(CC(C#Cc4cnc(C(F)(F)F)nc4)=CC3)S2(=O)=O)NC(=O)NC1=O. The minimum absolute atomic E-state index is 0.0288. The van der Waals surface area contributed by atoms with Crippen molar-refractivity contribution in [2.45, 2.75) is 30.4 Å². The Morgan fingerprint density at radius 2 is 1.90 bits per heavy atom. The number of urea groups is 1. The number of aromatic nitrogens is 2. The van der Waals surface area contributed by atoms with Gasteiger partial charge in [-0.3, -0.25) is 10.1 Å². The summed E-state index contributed by atoms with van der Waals surface area (Å²) in [5.74, 6) is 3.32. The molecular formula is C17H13F3N5O4S+. The third-order valence-electron chi connectivity index (χ3n) is 4.94. The highest BCUT2D eigenvalue weighted by atomic mass is 32.2. The van der Waals surface area contributed by atoms with Crippen molar-refractivity contribution in [1.82, 2.24) is 20.6 Å². The average Bonchev–Trinajstić information content (AvgIpc) is 2.91.